The molecule has 2 nitrogen and oxygen atoms in total. The maximum atomic E-state index is 5.48. The fraction of sp³-hybridized carbons (Fsp3) is 1.00. The van der Waals surface area contributed by atoms with Gasteiger partial charge in [-0.15, -0.1) is 0 Å². The van der Waals surface area contributed by atoms with Crippen LogP contribution in [0.2, 0.25) is 0 Å². The van der Waals surface area contributed by atoms with Crippen molar-refractivity contribution < 1.29 is 4.74 Å². The van der Waals surface area contributed by atoms with Crippen molar-refractivity contribution in [1.29, 1.82) is 0 Å². The van der Waals surface area contributed by atoms with Crippen molar-refractivity contribution in [3.63, 3.8) is 0 Å². The first-order valence-electron chi connectivity index (χ1n) is 4.57. The largest absolute Gasteiger partial charge is 0.378 e. The van der Waals surface area contributed by atoms with Crippen molar-refractivity contribution in [3.8, 4) is 0 Å². The van der Waals surface area contributed by atoms with Gasteiger partial charge in [0.15, 0.2) is 0 Å². The third-order valence-electron chi connectivity index (χ3n) is 3.49. The summed E-state index contributed by atoms with van der Waals surface area (Å²) in [5, 5.41) is 3.59. The molecule has 1 saturated carbocycles. The van der Waals surface area contributed by atoms with Gasteiger partial charge in [-0.25, -0.2) is 0 Å². The highest BCUT2D eigenvalue weighted by atomic mass is 16.5. The number of nitrogens with one attached hydrogen (secondary N) is 1. The summed E-state index contributed by atoms with van der Waals surface area (Å²) in [4.78, 5) is 0. The van der Waals surface area contributed by atoms with Crippen LogP contribution >= 0.6 is 0 Å². The van der Waals surface area contributed by atoms with Gasteiger partial charge in [0, 0.05) is 12.1 Å². The van der Waals surface area contributed by atoms with Crippen LogP contribution in [0.3, 0.4) is 0 Å². The van der Waals surface area contributed by atoms with Crippen molar-refractivity contribution in [3.05, 3.63) is 0 Å². The van der Waals surface area contributed by atoms with Crippen molar-refractivity contribution in [2.75, 3.05) is 19.8 Å². The highest BCUT2D eigenvalue weighted by Crippen LogP contribution is 2.44. The highest BCUT2D eigenvalue weighted by molar-refractivity contribution is 5.05. The maximum absolute atomic E-state index is 5.48. The molecule has 1 aliphatic carbocycles. The average molecular weight is 155 g/mol. The number of rotatable bonds is 0. The second-order valence-electron chi connectivity index (χ2n) is 4.11. The smallest absolute Gasteiger partial charge is 0.0651 e. The Morgan fingerprint density at radius 2 is 2.27 bits per heavy atom. The lowest BCUT2D eigenvalue weighted by atomic mass is 9.60. The molecule has 0 amide bonds. The van der Waals surface area contributed by atoms with Crippen LogP contribution < -0.4 is 5.32 Å². The molecule has 3 atom stereocenters. The van der Waals surface area contributed by atoms with Gasteiger partial charge in [-0.3, -0.25) is 0 Å². The fourth-order valence-corrected chi connectivity index (χ4v) is 2.42. The van der Waals surface area contributed by atoms with E-state index >= 15 is 0 Å². The lowest BCUT2D eigenvalue weighted by molar-refractivity contribution is -0.0757. The number of hydrogen-bond donors (Lipinski definition) is 1. The molecule has 0 bridgehead atoms. The molecule has 0 aromatic carbocycles. The van der Waals surface area contributed by atoms with Gasteiger partial charge < -0.3 is 10.1 Å². The SMILES string of the molecule is CC1CC2(COCCN2)C1C. The molecule has 11 heavy (non-hydrogen) atoms. The number of ether oxygens (including phenoxy) is 1. The second-order valence-corrected chi connectivity index (χ2v) is 4.11. The Bertz CT molecular complexity index is 146. The predicted octanol–water partition coefficient (Wildman–Crippen LogP) is 1.02. The molecular weight excluding hydrogens is 138 g/mol. The summed E-state index contributed by atoms with van der Waals surface area (Å²) in [5.41, 5.74) is 0.359. The molecule has 1 N–H and O–H groups in total. The molecule has 1 spiro atoms. The Morgan fingerprint density at radius 1 is 1.45 bits per heavy atom. The van der Waals surface area contributed by atoms with Crippen molar-refractivity contribution in [2.45, 2.75) is 25.8 Å². The first-order chi connectivity index (χ1) is 5.25. The van der Waals surface area contributed by atoms with Crippen LogP contribution in [0.5, 0.6) is 0 Å². The van der Waals surface area contributed by atoms with Gasteiger partial charge in [0.1, 0.15) is 0 Å². The van der Waals surface area contributed by atoms with Gasteiger partial charge in [-0.05, 0) is 18.3 Å². The minimum atomic E-state index is 0.359. The Morgan fingerprint density at radius 3 is 2.73 bits per heavy atom. The van der Waals surface area contributed by atoms with E-state index in [-0.39, 0.29) is 0 Å². The van der Waals surface area contributed by atoms with Crippen molar-refractivity contribution in [1.82, 2.24) is 5.32 Å². The molecule has 2 heteroatoms. The zero-order valence-corrected chi connectivity index (χ0v) is 7.39. The summed E-state index contributed by atoms with van der Waals surface area (Å²) in [6.07, 6.45) is 1.30. The van der Waals surface area contributed by atoms with E-state index in [4.69, 9.17) is 4.74 Å². The van der Waals surface area contributed by atoms with Crippen LogP contribution in [0, 0.1) is 11.8 Å². The molecule has 1 aliphatic heterocycles. The van der Waals surface area contributed by atoms with E-state index in [0.29, 0.717) is 5.54 Å². The summed E-state index contributed by atoms with van der Waals surface area (Å²) in [6.45, 7) is 7.51. The normalized spacial score (nSPS) is 50.7. The third-order valence-corrected chi connectivity index (χ3v) is 3.49. The van der Waals surface area contributed by atoms with Gasteiger partial charge in [0.25, 0.3) is 0 Å². The lowest BCUT2D eigenvalue weighted by Gasteiger charge is -2.55. The number of morpholine rings is 1. The van der Waals surface area contributed by atoms with Crippen LogP contribution in [0.15, 0.2) is 0 Å². The minimum absolute atomic E-state index is 0.359. The van der Waals surface area contributed by atoms with Crippen LogP contribution in [0.4, 0.5) is 0 Å². The Balaban J connectivity index is 2.00. The summed E-state index contributed by atoms with van der Waals surface area (Å²) in [6, 6.07) is 0. The van der Waals surface area contributed by atoms with E-state index in [1.165, 1.54) is 6.42 Å². The van der Waals surface area contributed by atoms with E-state index in [9.17, 15) is 0 Å². The molecule has 0 aromatic heterocycles. The van der Waals surface area contributed by atoms with Crippen LogP contribution in [-0.2, 0) is 4.74 Å². The molecule has 0 aromatic rings. The zero-order valence-electron chi connectivity index (χ0n) is 7.39. The first-order valence-corrected chi connectivity index (χ1v) is 4.57. The van der Waals surface area contributed by atoms with Gasteiger partial charge in [-0.1, -0.05) is 13.8 Å². The van der Waals surface area contributed by atoms with Gasteiger partial charge in [-0.2, -0.15) is 0 Å². The van der Waals surface area contributed by atoms with E-state index in [1.54, 1.807) is 0 Å². The molecule has 2 fully saturated rings. The van der Waals surface area contributed by atoms with E-state index < -0.39 is 0 Å². The summed E-state index contributed by atoms with van der Waals surface area (Å²) < 4.78 is 5.48. The minimum Gasteiger partial charge on any atom is -0.378 e. The Hall–Kier alpha value is -0.0800. The summed E-state index contributed by atoms with van der Waals surface area (Å²) >= 11 is 0. The Labute approximate surface area is 68.3 Å². The predicted molar refractivity (Wildman–Crippen MR) is 44.5 cm³/mol. The molecule has 0 radical (unpaired) electrons. The second kappa shape index (κ2) is 2.46. The fourth-order valence-electron chi connectivity index (χ4n) is 2.42. The van der Waals surface area contributed by atoms with Crippen LogP contribution in [-0.4, -0.2) is 25.3 Å². The van der Waals surface area contributed by atoms with Gasteiger partial charge in [0.05, 0.1) is 13.2 Å². The molecule has 3 unspecified atom stereocenters. The average Bonchev–Trinajstić information content (AvgIpc) is 2.06. The first kappa shape index (κ1) is 7.56. The summed E-state index contributed by atoms with van der Waals surface area (Å²) in [5.74, 6) is 1.67. The lowest BCUT2D eigenvalue weighted by Crippen LogP contribution is -2.66. The molecule has 1 saturated heterocycles. The van der Waals surface area contributed by atoms with Crippen molar-refractivity contribution in [2.24, 2.45) is 11.8 Å². The Kier molecular flexibility index (Phi) is 1.69. The molecule has 64 valence electrons. The van der Waals surface area contributed by atoms with Crippen LogP contribution in [0.1, 0.15) is 20.3 Å². The summed E-state index contributed by atoms with van der Waals surface area (Å²) in [7, 11) is 0. The molecular formula is C9H17NO. The molecule has 1 heterocycles. The van der Waals surface area contributed by atoms with Crippen molar-refractivity contribution >= 4 is 0 Å². The van der Waals surface area contributed by atoms with Gasteiger partial charge in [0.2, 0.25) is 0 Å². The van der Waals surface area contributed by atoms with E-state index in [0.717, 1.165) is 31.6 Å². The highest BCUT2D eigenvalue weighted by Gasteiger charge is 2.49. The quantitative estimate of drug-likeness (QED) is 0.564. The topological polar surface area (TPSA) is 21.3 Å². The van der Waals surface area contributed by atoms with E-state index in [1.807, 2.05) is 0 Å². The molecule has 2 aliphatic rings. The van der Waals surface area contributed by atoms with Gasteiger partial charge >= 0.3 is 0 Å². The maximum Gasteiger partial charge on any atom is 0.0651 e. The monoisotopic (exact) mass is 155 g/mol. The number of hydrogen-bond acceptors (Lipinski definition) is 2. The van der Waals surface area contributed by atoms with Crippen LogP contribution in [0.25, 0.3) is 0 Å². The third kappa shape index (κ3) is 1.00. The molecule has 2 rings (SSSR count). The zero-order chi connectivity index (χ0) is 7.90. The standard InChI is InChI=1S/C9H17NO/c1-7-5-9(8(7)2)6-11-4-3-10-9/h7-8,10H,3-6H2,1-2H3. The van der Waals surface area contributed by atoms with E-state index in [2.05, 4.69) is 19.2 Å².